The molecule has 0 aromatic rings. The molecule has 1 aliphatic carbocycles. The summed E-state index contributed by atoms with van der Waals surface area (Å²) in [7, 11) is -1.84. The quantitative estimate of drug-likeness (QED) is 0.765. The number of aliphatic hydroxyl groups excluding tert-OH is 2. The van der Waals surface area contributed by atoms with Crippen LogP contribution in [0, 0.1) is 17.3 Å². The molecule has 120 valence electrons. The van der Waals surface area contributed by atoms with Gasteiger partial charge in [-0.3, -0.25) is 0 Å². The minimum Gasteiger partial charge on any atom is -0.413 e. The molecule has 0 amide bonds. The fraction of sp³-hybridized carbons (Fsp3) is 1.00. The monoisotopic (exact) mass is 302 g/mol. The average Bonchev–Trinajstić information content (AvgIpc) is 2.51. The fourth-order valence-corrected chi connectivity index (χ4v) is 4.73. The zero-order chi connectivity index (χ0) is 15.8. The van der Waals surface area contributed by atoms with Crippen LogP contribution in [-0.4, -0.2) is 37.8 Å². The van der Waals surface area contributed by atoms with Gasteiger partial charge in [0.2, 0.25) is 0 Å². The Labute approximate surface area is 125 Å². The normalized spacial score (nSPS) is 30.8. The first kappa shape index (κ1) is 18.1. The second-order valence-corrected chi connectivity index (χ2v) is 13.4. The second-order valence-electron chi connectivity index (χ2n) is 8.61. The molecule has 20 heavy (non-hydrogen) atoms. The Morgan fingerprint density at radius 1 is 1.20 bits per heavy atom. The Bertz CT molecular complexity index is 320. The molecule has 2 N–H and O–H groups in total. The van der Waals surface area contributed by atoms with E-state index in [0.717, 1.165) is 12.8 Å². The van der Waals surface area contributed by atoms with Crippen molar-refractivity contribution in [2.45, 2.75) is 71.7 Å². The minimum atomic E-state index is -1.84. The Balaban J connectivity index is 2.99. The summed E-state index contributed by atoms with van der Waals surface area (Å²) in [5, 5.41) is 19.2. The van der Waals surface area contributed by atoms with Crippen LogP contribution in [-0.2, 0) is 4.43 Å². The van der Waals surface area contributed by atoms with Gasteiger partial charge in [0.05, 0.1) is 6.10 Å². The van der Waals surface area contributed by atoms with E-state index < -0.39 is 8.32 Å². The summed E-state index contributed by atoms with van der Waals surface area (Å²) < 4.78 is 6.69. The van der Waals surface area contributed by atoms with Gasteiger partial charge in [-0.05, 0) is 48.2 Å². The van der Waals surface area contributed by atoms with E-state index in [0.29, 0.717) is 0 Å². The van der Waals surface area contributed by atoms with Crippen molar-refractivity contribution in [3.05, 3.63) is 0 Å². The van der Waals surface area contributed by atoms with Crippen molar-refractivity contribution in [2.75, 3.05) is 13.2 Å². The number of hydrogen-bond donors (Lipinski definition) is 2. The first-order chi connectivity index (χ1) is 8.96. The van der Waals surface area contributed by atoms with Crippen LogP contribution in [0.4, 0.5) is 0 Å². The standard InChI is InChI=1S/C16H34O3Si/c1-15(2,3)20(6,7)19-14-13(8-9-17)12(11-18)10-16(14,4)5/h12-14,17-18H,8-11H2,1-7H3/t12-,13+,14+/m0/s1. The molecule has 1 fully saturated rings. The van der Waals surface area contributed by atoms with Gasteiger partial charge >= 0.3 is 0 Å². The molecule has 0 radical (unpaired) electrons. The molecule has 4 heteroatoms. The maximum Gasteiger partial charge on any atom is 0.192 e. The molecule has 0 aromatic carbocycles. The number of rotatable bonds is 5. The van der Waals surface area contributed by atoms with E-state index in [2.05, 4.69) is 47.7 Å². The maximum atomic E-state index is 9.65. The first-order valence-corrected chi connectivity index (χ1v) is 10.8. The highest BCUT2D eigenvalue weighted by Crippen LogP contribution is 2.51. The van der Waals surface area contributed by atoms with Crippen molar-refractivity contribution in [3.8, 4) is 0 Å². The van der Waals surface area contributed by atoms with Gasteiger partial charge in [0.25, 0.3) is 0 Å². The van der Waals surface area contributed by atoms with Crippen LogP contribution in [0.15, 0.2) is 0 Å². The third-order valence-corrected chi connectivity index (χ3v) is 9.93. The summed E-state index contributed by atoms with van der Waals surface area (Å²) in [6.07, 6.45) is 1.86. The van der Waals surface area contributed by atoms with Crippen molar-refractivity contribution < 1.29 is 14.6 Å². The van der Waals surface area contributed by atoms with Crippen LogP contribution in [0.3, 0.4) is 0 Å². The lowest BCUT2D eigenvalue weighted by Crippen LogP contribution is -2.48. The predicted molar refractivity (Wildman–Crippen MR) is 86.2 cm³/mol. The van der Waals surface area contributed by atoms with Crippen LogP contribution in [0.25, 0.3) is 0 Å². The molecule has 1 saturated carbocycles. The Hall–Kier alpha value is 0.0969. The van der Waals surface area contributed by atoms with E-state index in [9.17, 15) is 10.2 Å². The molecule has 0 heterocycles. The van der Waals surface area contributed by atoms with Crippen molar-refractivity contribution in [3.63, 3.8) is 0 Å². The summed E-state index contributed by atoms with van der Waals surface area (Å²) in [5.74, 6) is 0.529. The molecular formula is C16H34O3Si. The second kappa shape index (κ2) is 6.07. The van der Waals surface area contributed by atoms with Gasteiger partial charge in [0.1, 0.15) is 0 Å². The Morgan fingerprint density at radius 3 is 2.15 bits per heavy atom. The van der Waals surface area contributed by atoms with Crippen LogP contribution >= 0.6 is 0 Å². The zero-order valence-corrected chi connectivity index (χ0v) is 15.4. The number of aliphatic hydroxyl groups is 2. The molecule has 0 saturated heterocycles. The molecule has 1 aliphatic rings. The van der Waals surface area contributed by atoms with Gasteiger partial charge in [0.15, 0.2) is 8.32 Å². The highest BCUT2D eigenvalue weighted by Gasteiger charge is 2.51. The van der Waals surface area contributed by atoms with Gasteiger partial charge < -0.3 is 14.6 Å². The highest BCUT2D eigenvalue weighted by molar-refractivity contribution is 6.74. The van der Waals surface area contributed by atoms with Crippen LogP contribution < -0.4 is 0 Å². The lowest BCUT2D eigenvalue weighted by molar-refractivity contribution is 0.0391. The summed E-state index contributed by atoms with van der Waals surface area (Å²) in [6.45, 7) is 16.2. The van der Waals surface area contributed by atoms with Crippen LogP contribution in [0.5, 0.6) is 0 Å². The van der Waals surface area contributed by atoms with Crippen molar-refractivity contribution in [1.29, 1.82) is 0 Å². The van der Waals surface area contributed by atoms with Crippen LogP contribution in [0.1, 0.15) is 47.5 Å². The largest absolute Gasteiger partial charge is 0.413 e. The van der Waals surface area contributed by atoms with Gasteiger partial charge in [-0.25, -0.2) is 0 Å². The third kappa shape index (κ3) is 3.64. The molecule has 0 aliphatic heterocycles. The minimum absolute atomic E-state index is 0.0722. The fourth-order valence-electron chi connectivity index (χ4n) is 3.25. The SMILES string of the molecule is CC1(C)C[C@@H](CO)[C@@H](CCO)[C@H]1O[Si](C)(C)C(C)(C)C. The maximum absolute atomic E-state index is 9.65. The molecule has 0 aromatic heterocycles. The highest BCUT2D eigenvalue weighted by atomic mass is 28.4. The topological polar surface area (TPSA) is 49.7 Å². The molecule has 3 nitrogen and oxygen atoms in total. The average molecular weight is 303 g/mol. The van der Waals surface area contributed by atoms with Crippen molar-refractivity contribution in [2.24, 2.45) is 17.3 Å². The molecular weight excluding hydrogens is 268 g/mol. The lowest BCUT2D eigenvalue weighted by Gasteiger charge is -2.43. The van der Waals surface area contributed by atoms with E-state index in [1.807, 2.05) is 0 Å². The predicted octanol–water partition coefficient (Wildman–Crippen LogP) is 3.41. The van der Waals surface area contributed by atoms with Crippen molar-refractivity contribution >= 4 is 8.32 Å². The van der Waals surface area contributed by atoms with Gasteiger partial charge in [-0.2, -0.15) is 0 Å². The van der Waals surface area contributed by atoms with Gasteiger partial charge in [-0.1, -0.05) is 34.6 Å². The molecule has 0 unspecified atom stereocenters. The van der Waals surface area contributed by atoms with E-state index in [1.54, 1.807) is 0 Å². The van der Waals surface area contributed by atoms with E-state index in [-0.39, 0.29) is 41.6 Å². The number of hydrogen-bond acceptors (Lipinski definition) is 3. The van der Waals surface area contributed by atoms with Gasteiger partial charge in [-0.15, -0.1) is 0 Å². The third-order valence-electron chi connectivity index (χ3n) is 5.48. The van der Waals surface area contributed by atoms with Gasteiger partial charge in [0, 0.05) is 13.2 Å². The zero-order valence-electron chi connectivity index (χ0n) is 14.4. The molecule has 1 rings (SSSR count). The van der Waals surface area contributed by atoms with E-state index in [1.165, 1.54) is 0 Å². The summed E-state index contributed by atoms with van der Waals surface area (Å²) in [5.41, 5.74) is 0.0722. The molecule has 0 bridgehead atoms. The summed E-state index contributed by atoms with van der Waals surface area (Å²) >= 11 is 0. The smallest absolute Gasteiger partial charge is 0.192 e. The molecule has 0 spiro atoms. The van der Waals surface area contributed by atoms with Crippen LogP contribution in [0.2, 0.25) is 18.1 Å². The van der Waals surface area contributed by atoms with Crippen molar-refractivity contribution in [1.82, 2.24) is 0 Å². The first-order valence-electron chi connectivity index (χ1n) is 7.86. The van der Waals surface area contributed by atoms with E-state index >= 15 is 0 Å². The lowest BCUT2D eigenvalue weighted by atomic mass is 9.86. The molecule has 3 atom stereocenters. The summed E-state index contributed by atoms with van der Waals surface area (Å²) in [6, 6.07) is 0. The Morgan fingerprint density at radius 2 is 1.75 bits per heavy atom. The summed E-state index contributed by atoms with van der Waals surface area (Å²) in [4.78, 5) is 0. The Kier molecular flexibility index (Phi) is 5.51. The van der Waals surface area contributed by atoms with E-state index in [4.69, 9.17) is 4.43 Å².